The van der Waals surface area contributed by atoms with Crippen molar-refractivity contribution in [2.75, 3.05) is 6.54 Å². The molecule has 1 aromatic rings. The van der Waals surface area contributed by atoms with Crippen molar-refractivity contribution < 1.29 is 0 Å². The molecule has 1 fully saturated rings. The summed E-state index contributed by atoms with van der Waals surface area (Å²) >= 11 is 3.38. The number of aromatic nitrogens is 1. The summed E-state index contributed by atoms with van der Waals surface area (Å²) in [5.74, 6) is 0. The number of nitrogens with one attached hydrogen (secondary N) is 1. The van der Waals surface area contributed by atoms with Crippen molar-refractivity contribution in [3.8, 4) is 0 Å². The summed E-state index contributed by atoms with van der Waals surface area (Å²) in [6.07, 6.45) is 1.85. The topological polar surface area (TPSA) is 24.9 Å². The first-order chi connectivity index (χ1) is 6.09. The molecule has 1 unspecified atom stereocenters. The highest BCUT2D eigenvalue weighted by molar-refractivity contribution is 9.10. The highest BCUT2D eigenvalue weighted by Gasteiger charge is 2.39. The Hall–Kier alpha value is -0.410. The van der Waals surface area contributed by atoms with Crippen molar-refractivity contribution in [3.63, 3.8) is 0 Å². The molecule has 2 nitrogen and oxygen atoms in total. The van der Waals surface area contributed by atoms with E-state index >= 15 is 0 Å². The third-order valence-electron chi connectivity index (χ3n) is 2.59. The average molecular weight is 241 g/mol. The smallest absolute Gasteiger partial charge is 0.0580 e. The van der Waals surface area contributed by atoms with Crippen molar-refractivity contribution in [1.82, 2.24) is 10.3 Å². The van der Waals surface area contributed by atoms with Crippen LogP contribution in [0.1, 0.15) is 25.6 Å². The number of halogens is 1. The van der Waals surface area contributed by atoms with Gasteiger partial charge in [0.2, 0.25) is 0 Å². The molecule has 1 aliphatic rings. The summed E-state index contributed by atoms with van der Waals surface area (Å²) in [4.78, 5) is 4.39. The molecule has 2 heterocycles. The summed E-state index contributed by atoms with van der Waals surface area (Å²) in [5.41, 5.74) is 1.49. The molecule has 0 aromatic carbocycles. The molecule has 1 aromatic heterocycles. The second kappa shape index (κ2) is 3.07. The van der Waals surface area contributed by atoms with Crippen LogP contribution in [-0.4, -0.2) is 11.5 Å². The fourth-order valence-corrected chi connectivity index (χ4v) is 1.91. The number of rotatable bonds is 1. The third kappa shape index (κ3) is 1.63. The summed E-state index contributed by atoms with van der Waals surface area (Å²) in [6.45, 7) is 5.60. The van der Waals surface area contributed by atoms with Crippen LogP contribution < -0.4 is 5.32 Å². The number of hydrogen-bond donors (Lipinski definition) is 1. The predicted molar refractivity (Wildman–Crippen MR) is 56.5 cm³/mol. The van der Waals surface area contributed by atoms with Crippen molar-refractivity contribution >= 4 is 15.9 Å². The van der Waals surface area contributed by atoms with E-state index in [9.17, 15) is 0 Å². The van der Waals surface area contributed by atoms with Crippen LogP contribution in [0, 0.1) is 5.41 Å². The SMILES string of the molecule is CC1(C)CNC1c1ccc(Br)cn1. The molecule has 0 spiro atoms. The Balaban J connectivity index is 2.22. The van der Waals surface area contributed by atoms with E-state index < -0.39 is 0 Å². The van der Waals surface area contributed by atoms with Gasteiger partial charge < -0.3 is 5.32 Å². The van der Waals surface area contributed by atoms with E-state index in [1.54, 1.807) is 0 Å². The number of pyridine rings is 1. The van der Waals surface area contributed by atoms with Crippen LogP contribution in [0.4, 0.5) is 0 Å². The molecule has 2 rings (SSSR count). The molecule has 1 atom stereocenters. The Morgan fingerprint density at radius 3 is 2.69 bits per heavy atom. The Morgan fingerprint density at radius 2 is 2.31 bits per heavy atom. The van der Waals surface area contributed by atoms with E-state index in [4.69, 9.17) is 0 Å². The van der Waals surface area contributed by atoms with Crippen LogP contribution in [0.25, 0.3) is 0 Å². The Bertz CT molecular complexity index is 305. The van der Waals surface area contributed by atoms with Crippen LogP contribution in [0.2, 0.25) is 0 Å². The second-order valence-electron chi connectivity index (χ2n) is 4.20. The molecular weight excluding hydrogens is 228 g/mol. The van der Waals surface area contributed by atoms with Crippen LogP contribution in [0.15, 0.2) is 22.8 Å². The van der Waals surface area contributed by atoms with Gasteiger partial charge in [-0.3, -0.25) is 4.98 Å². The molecule has 1 aliphatic heterocycles. The molecule has 0 aliphatic carbocycles. The monoisotopic (exact) mass is 240 g/mol. The quantitative estimate of drug-likeness (QED) is 0.817. The van der Waals surface area contributed by atoms with Crippen LogP contribution in [0.5, 0.6) is 0 Å². The first kappa shape index (κ1) is 9.16. The van der Waals surface area contributed by atoms with Crippen LogP contribution in [-0.2, 0) is 0 Å². The van der Waals surface area contributed by atoms with Gasteiger partial charge in [0.25, 0.3) is 0 Å². The standard InChI is InChI=1S/C10H13BrN2/c1-10(2)6-13-9(10)8-4-3-7(11)5-12-8/h3-5,9,13H,6H2,1-2H3. The molecule has 1 saturated heterocycles. The highest BCUT2D eigenvalue weighted by Crippen LogP contribution is 2.39. The van der Waals surface area contributed by atoms with Gasteiger partial charge in [0.1, 0.15) is 0 Å². The minimum atomic E-state index is 0.348. The van der Waals surface area contributed by atoms with Gasteiger partial charge in [-0.05, 0) is 33.5 Å². The minimum Gasteiger partial charge on any atom is -0.308 e. The van der Waals surface area contributed by atoms with Crippen molar-refractivity contribution in [1.29, 1.82) is 0 Å². The summed E-state index contributed by atoms with van der Waals surface area (Å²) < 4.78 is 1.04. The molecule has 13 heavy (non-hydrogen) atoms. The van der Waals surface area contributed by atoms with Crippen molar-refractivity contribution in [2.24, 2.45) is 5.41 Å². The summed E-state index contributed by atoms with van der Waals surface area (Å²) in [7, 11) is 0. The fourth-order valence-electron chi connectivity index (χ4n) is 1.68. The van der Waals surface area contributed by atoms with Crippen molar-refractivity contribution in [3.05, 3.63) is 28.5 Å². The molecule has 3 heteroatoms. The van der Waals surface area contributed by atoms with Gasteiger partial charge in [-0.2, -0.15) is 0 Å². The third-order valence-corrected chi connectivity index (χ3v) is 3.06. The van der Waals surface area contributed by atoms with E-state index in [1.165, 1.54) is 0 Å². The zero-order valence-electron chi connectivity index (χ0n) is 7.84. The van der Waals surface area contributed by atoms with E-state index in [0.717, 1.165) is 16.7 Å². The first-order valence-electron chi connectivity index (χ1n) is 4.44. The van der Waals surface area contributed by atoms with Gasteiger partial charge in [0, 0.05) is 17.2 Å². The first-order valence-corrected chi connectivity index (χ1v) is 5.24. The number of nitrogens with zero attached hydrogens (tertiary/aromatic N) is 1. The normalized spacial score (nSPS) is 25.3. The summed E-state index contributed by atoms with van der Waals surface area (Å²) in [5, 5.41) is 3.39. The van der Waals surface area contributed by atoms with Gasteiger partial charge in [-0.1, -0.05) is 13.8 Å². The van der Waals surface area contributed by atoms with Gasteiger partial charge in [-0.25, -0.2) is 0 Å². The zero-order valence-corrected chi connectivity index (χ0v) is 9.43. The van der Waals surface area contributed by atoms with Crippen molar-refractivity contribution in [2.45, 2.75) is 19.9 Å². The molecule has 0 bridgehead atoms. The lowest BCUT2D eigenvalue weighted by Gasteiger charge is -2.45. The van der Waals surface area contributed by atoms with Gasteiger partial charge in [0.15, 0.2) is 0 Å². The lowest BCUT2D eigenvalue weighted by Crippen LogP contribution is -2.52. The van der Waals surface area contributed by atoms with Crippen LogP contribution >= 0.6 is 15.9 Å². The maximum absolute atomic E-state index is 4.39. The van der Waals surface area contributed by atoms with E-state index in [2.05, 4.69) is 46.1 Å². The Morgan fingerprint density at radius 1 is 1.54 bits per heavy atom. The van der Waals surface area contributed by atoms with Gasteiger partial charge in [0.05, 0.1) is 11.7 Å². The molecule has 0 amide bonds. The average Bonchev–Trinajstić information content (AvgIpc) is 2.07. The summed E-state index contributed by atoms with van der Waals surface area (Å²) in [6, 6.07) is 4.53. The molecule has 1 N–H and O–H groups in total. The van der Waals surface area contributed by atoms with E-state index in [-0.39, 0.29) is 0 Å². The lowest BCUT2D eigenvalue weighted by molar-refractivity contribution is 0.124. The maximum Gasteiger partial charge on any atom is 0.0580 e. The number of hydrogen-bond acceptors (Lipinski definition) is 2. The van der Waals surface area contributed by atoms with E-state index in [0.29, 0.717) is 11.5 Å². The highest BCUT2D eigenvalue weighted by atomic mass is 79.9. The fraction of sp³-hybridized carbons (Fsp3) is 0.500. The molecule has 70 valence electrons. The Kier molecular flexibility index (Phi) is 2.16. The minimum absolute atomic E-state index is 0.348. The molecule has 0 radical (unpaired) electrons. The Labute approximate surface area is 86.9 Å². The lowest BCUT2D eigenvalue weighted by atomic mass is 9.75. The van der Waals surface area contributed by atoms with E-state index in [1.807, 2.05) is 12.3 Å². The van der Waals surface area contributed by atoms with Crippen LogP contribution in [0.3, 0.4) is 0 Å². The second-order valence-corrected chi connectivity index (χ2v) is 5.12. The van der Waals surface area contributed by atoms with Gasteiger partial charge in [-0.15, -0.1) is 0 Å². The largest absolute Gasteiger partial charge is 0.308 e. The maximum atomic E-state index is 4.39. The predicted octanol–water partition coefficient (Wildman–Crippen LogP) is 2.51. The molecular formula is C10H13BrN2. The molecule has 0 saturated carbocycles. The van der Waals surface area contributed by atoms with Gasteiger partial charge >= 0.3 is 0 Å². The zero-order chi connectivity index (χ0) is 9.47.